The van der Waals surface area contributed by atoms with Gasteiger partial charge in [-0.05, 0) is 67.5 Å². The zero-order valence-electron chi connectivity index (χ0n) is 22.3. The number of alkyl halides is 7. The Labute approximate surface area is 241 Å². The highest BCUT2D eigenvalue weighted by molar-refractivity contribution is 7.92. The third-order valence-electron chi connectivity index (χ3n) is 8.89. The van der Waals surface area contributed by atoms with Gasteiger partial charge >= 0.3 is 18.0 Å². The molecular formula is C28H26F8N2O4S. The Balaban J connectivity index is 1.66. The molecule has 1 aliphatic heterocycles. The zero-order valence-corrected chi connectivity index (χ0v) is 23.1. The normalized spacial score (nSPS) is 26.3. The van der Waals surface area contributed by atoms with Gasteiger partial charge in [-0.2, -0.15) is 26.3 Å². The summed E-state index contributed by atoms with van der Waals surface area (Å²) < 4.78 is 137. The monoisotopic (exact) mass is 638 g/mol. The molecule has 43 heavy (non-hydrogen) atoms. The number of rotatable bonds is 5. The molecule has 2 amide bonds. The van der Waals surface area contributed by atoms with Crippen LogP contribution in [0.25, 0.3) is 0 Å². The average molecular weight is 639 g/mol. The standard InChI is InChI=1S/C28H26F8N2O4S/c29-18-5-7-19(8-6-18)43(41,42)25-11-10-22(38-24(40)16-13-23(39)37-14-16)21(25)3-1-2-15-12-17(4-9-20(15)25)26(30,27(31,32)33)28(34,35)36/h4-9,12,16,21-22H,1-3,10-11,13-14H2,(H,37,39)(H,38,40)/t16-,21+,22-,25-/m1/s1. The van der Waals surface area contributed by atoms with E-state index in [-0.39, 0.29) is 67.0 Å². The summed E-state index contributed by atoms with van der Waals surface area (Å²) in [6.07, 6.45) is -12.9. The van der Waals surface area contributed by atoms with Crippen LogP contribution in [0.5, 0.6) is 0 Å². The van der Waals surface area contributed by atoms with Crippen LogP contribution in [0, 0.1) is 17.7 Å². The second kappa shape index (κ2) is 10.4. The van der Waals surface area contributed by atoms with Crippen LogP contribution in [0.15, 0.2) is 47.4 Å². The summed E-state index contributed by atoms with van der Waals surface area (Å²) in [5, 5.41) is 5.35. The van der Waals surface area contributed by atoms with Crippen molar-refractivity contribution in [1.82, 2.24) is 10.6 Å². The van der Waals surface area contributed by atoms with E-state index in [4.69, 9.17) is 0 Å². The lowest BCUT2D eigenvalue weighted by atomic mass is 9.82. The predicted octanol–water partition coefficient (Wildman–Crippen LogP) is 5.15. The van der Waals surface area contributed by atoms with E-state index < -0.39 is 67.8 Å². The van der Waals surface area contributed by atoms with E-state index in [0.29, 0.717) is 12.1 Å². The van der Waals surface area contributed by atoms with Gasteiger partial charge in [-0.25, -0.2) is 17.2 Å². The first-order valence-corrected chi connectivity index (χ1v) is 15.0. The van der Waals surface area contributed by atoms with Gasteiger partial charge in [-0.3, -0.25) is 9.59 Å². The highest BCUT2D eigenvalue weighted by Crippen LogP contribution is 2.58. The number of aryl methyl sites for hydroxylation is 1. The van der Waals surface area contributed by atoms with Crippen molar-refractivity contribution in [2.24, 2.45) is 11.8 Å². The average Bonchev–Trinajstić information content (AvgIpc) is 3.47. The highest BCUT2D eigenvalue weighted by Gasteiger charge is 2.73. The fourth-order valence-corrected chi connectivity index (χ4v) is 9.32. The third-order valence-corrected chi connectivity index (χ3v) is 11.5. The molecule has 0 radical (unpaired) electrons. The summed E-state index contributed by atoms with van der Waals surface area (Å²) in [4.78, 5) is 24.3. The number of benzene rings is 2. The molecule has 0 aromatic heterocycles. The molecule has 1 saturated carbocycles. The Morgan fingerprint density at radius 1 is 0.953 bits per heavy atom. The van der Waals surface area contributed by atoms with E-state index >= 15 is 4.39 Å². The van der Waals surface area contributed by atoms with Gasteiger partial charge in [0, 0.05) is 30.5 Å². The van der Waals surface area contributed by atoms with E-state index in [1.807, 2.05) is 0 Å². The minimum Gasteiger partial charge on any atom is -0.355 e. The van der Waals surface area contributed by atoms with Crippen molar-refractivity contribution < 1.29 is 53.1 Å². The molecule has 234 valence electrons. The fourth-order valence-electron chi connectivity index (χ4n) is 6.84. The molecule has 0 spiro atoms. The topological polar surface area (TPSA) is 92.3 Å². The molecule has 6 nitrogen and oxygen atoms in total. The summed E-state index contributed by atoms with van der Waals surface area (Å²) in [6, 6.07) is 4.60. The second-order valence-corrected chi connectivity index (χ2v) is 13.4. The van der Waals surface area contributed by atoms with E-state index in [2.05, 4.69) is 10.6 Å². The van der Waals surface area contributed by atoms with Gasteiger partial charge in [-0.15, -0.1) is 0 Å². The first-order chi connectivity index (χ1) is 19.9. The van der Waals surface area contributed by atoms with Gasteiger partial charge in [0.15, 0.2) is 9.84 Å². The van der Waals surface area contributed by atoms with Gasteiger partial charge in [0.05, 0.1) is 10.8 Å². The van der Waals surface area contributed by atoms with Crippen molar-refractivity contribution in [2.45, 2.75) is 72.2 Å². The Bertz CT molecular complexity index is 1530. The van der Waals surface area contributed by atoms with Crippen LogP contribution in [-0.2, 0) is 36.3 Å². The first kappa shape index (κ1) is 31.2. The molecule has 1 saturated heterocycles. The predicted molar refractivity (Wildman–Crippen MR) is 135 cm³/mol. The van der Waals surface area contributed by atoms with Crippen LogP contribution in [0.4, 0.5) is 35.1 Å². The summed E-state index contributed by atoms with van der Waals surface area (Å²) in [5.41, 5.74) is -7.72. The number of nitrogens with one attached hydrogen (secondary N) is 2. The SMILES string of the molecule is O=C1C[C@@H](C(=O)N[C@@H]2CC[C@@]3(S(=O)(=O)c4ccc(F)cc4)c4ccc(C(F)(C(F)(F)F)C(F)(F)F)cc4CCC[C@@H]23)CN1. The molecule has 0 unspecified atom stereocenters. The van der Waals surface area contributed by atoms with Crippen molar-refractivity contribution >= 4 is 21.7 Å². The maximum atomic E-state index is 15.0. The summed E-state index contributed by atoms with van der Waals surface area (Å²) in [5.74, 6) is -3.19. The van der Waals surface area contributed by atoms with Gasteiger partial charge in [0.25, 0.3) is 0 Å². The number of carbonyl (C=O) groups is 2. The quantitative estimate of drug-likeness (QED) is 0.350. The minimum absolute atomic E-state index is 0.0722. The molecule has 15 heteroatoms. The Kier molecular flexibility index (Phi) is 7.58. The van der Waals surface area contributed by atoms with Gasteiger partial charge in [0.1, 0.15) is 10.6 Å². The fraction of sp³-hybridized carbons (Fsp3) is 0.500. The molecule has 0 bridgehead atoms. The van der Waals surface area contributed by atoms with Gasteiger partial charge < -0.3 is 10.6 Å². The number of hydrogen-bond donors (Lipinski definition) is 2. The maximum Gasteiger partial charge on any atom is 0.435 e. The van der Waals surface area contributed by atoms with Crippen molar-refractivity contribution in [1.29, 1.82) is 0 Å². The lowest BCUT2D eigenvalue weighted by molar-refractivity contribution is -0.348. The number of hydrogen-bond acceptors (Lipinski definition) is 4. The number of halogens is 8. The lowest BCUT2D eigenvalue weighted by Gasteiger charge is -2.38. The van der Waals surface area contributed by atoms with Gasteiger partial charge in [0.2, 0.25) is 11.8 Å². The highest BCUT2D eigenvalue weighted by atomic mass is 32.2. The Morgan fingerprint density at radius 2 is 1.60 bits per heavy atom. The van der Waals surface area contributed by atoms with Crippen molar-refractivity contribution in [3.05, 3.63) is 65.0 Å². The molecule has 2 aromatic rings. The Morgan fingerprint density at radius 3 is 2.19 bits per heavy atom. The number of carbonyl (C=O) groups excluding carboxylic acids is 2. The molecule has 5 rings (SSSR count). The van der Waals surface area contributed by atoms with Crippen LogP contribution >= 0.6 is 0 Å². The molecule has 1 heterocycles. The summed E-state index contributed by atoms with van der Waals surface area (Å²) in [7, 11) is -4.54. The number of fused-ring (bicyclic) bond motifs is 3. The minimum atomic E-state index is -6.36. The Hall–Kier alpha value is -3.23. The van der Waals surface area contributed by atoms with Crippen LogP contribution in [0.3, 0.4) is 0 Å². The first-order valence-electron chi connectivity index (χ1n) is 13.5. The number of amides is 2. The second-order valence-electron chi connectivity index (χ2n) is 11.2. The molecule has 2 aliphatic carbocycles. The largest absolute Gasteiger partial charge is 0.435 e. The summed E-state index contributed by atoms with van der Waals surface area (Å²) >= 11 is 0. The van der Waals surface area contributed by atoms with Crippen molar-refractivity contribution in [2.75, 3.05) is 6.54 Å². The van der Waals surface area contributed by atoms with Crippen LogP contribution < -0.4 is 10.6 Å². The van der Waals surface area contributed by atoms with Crippen molar-refractivity contribution in [3.8, 4) is 0 Å². The van der Waals surface area contributed by atoms with Crippen LogP contribution in [0.2, 0.25) is 0 Å². The smallest absolute Gasteiger partial charge is 0.355 e. The summed E-state index contributed by atoms with van der Waals surface area (Å²) in [6.45, 7) is 0.0794. The molecular weight excluding hydrogens is 612 g/mol. The molecule has 2 N–H and O–H groups in total. The van der Waals surface area contributed by atoms with E-state index in [9.17, 15) is 48.7 Å². The van der Waals surface area contributed by atoms with E-state index in [1.54, 1.807) is 0 Å². The maximum absolute atomic E-state index is 15.0. The van der Waals surface area contributed by atoms with E-state index in [1.165, 1.54) is 0 Å². The molecule has 2 aromatic carbocycles. The van der Waals surface area contributed by atoms with Crippen molar-refractivity contribution in [3.63, 3.8) is 0 Å². The third kappa shape index (κ3) is 4.87. The van der Waals surface area contributed by atoms with Crippen LogP contribution in [-0.4, -0.2) is 45.2 Å². The zero-order chi connectivity index (χ0) is 31.6. The van der Waals surface area contributed by atoms with Crippen LogP contribution in [0.1, 0.15) is 48.8 Å². The molecule has 2 fully saturated rings. The molecule has 3 aliphatic rings. The van der Waals surface area contributed by atoms with E-state index in [0.717, 1.165) is 30.3 Å². The molecule has 4 atom stereocenters. The number of sulfone groups is 1. The van der Waals surface area contributed by atoms with Gasteiger partial charge in [-0.1, -0.05) is 18.2 Å². The lowest BCUT2D eigenvalue weighted by Crippen LogP contribution is -2.50.